The van der Waals surface area contributed by atoms with Crippen LogP contribution in [0.2, 0.25) is 0 Å². The Morgan fingerprint density at radius 2 is 1.67 bits per heavy atom. The Morgan fingerprint density at radius 3 is 2.26 bits per heavy atom. The maximum Gasteiger partial charge on any atom is 0.311 e. The van der Waals surface area contributed by atoms with E-state index in [2.05, 4.69) is 10.6 Å². The summed E-state index contributed by atoms with van der Waals surface area (Å²) in [6, 6.07) is 12.6. The van der Waals surface area contributed by atoms with Gasteiger partial charge >= 0.3 is 5.97 Å². The van der Waals surface area contributed by atoms with Gasteiger partial charge in [0.05, 0.1) is 6.42 Å². The van der Waals surface area contributed by atoms with E-state index in [0.29, 0.717) is 11.4 Å². The van der Waals surface area contributed by atoms with Crippen molar-refractivity contribution in [3.05, 3.63) is 59.2 Å². The van der Waals surface area contributed by atoms with Crippen LogP contribution in [0.1, 0.15) is 30.5 Å². The lowest BCUT2D eigenvalue weighted by atomic mass is 10.1. The van der Waals surface area contributed by atoms with Crippen molar-refractivity contribution in [1.82, 2.24) is 0 Å². The fourth-order valence-electron chi connectivity index (χ4n) is 2.56. The number of ether oxygens (including phenoxy) is 1. The monoisotopic (exact) mass is 368 g/mol. The summed E-state index contributed by atoms with van der Waals surface area (Å²) in [6.07, 6.45) is -0.863. The van der Waals surface area contributed by atoms with E-state index in [1.54, 1.807) is 24.3 Å². The summed E-state index contributed by atoms with van der Waals surface area (Å²) in [5.41, 5.74) is 4.13. The van der Waals surface area contributed by atoms with E-state index in [9.17, 15) is 14.4 Å². The predicted octanol–water partition coefficient (Wildman–Crippen LogP) is 3.37. The molecule has 6 heteroatoms. The van der Waals surface area contributed by atoms with Crippen LogP contribution >= 0.6 is 0 Å². The fraction of sp³-hybridized carbons (Fsp3) is 0.286. The van der Waals surface area contributed by atoms with Gasteiger partial charge in [-0.25, -0.2) is 0 Å². The van der Waals surface area contributed by atoms with Gasteiger partial charge in [0.15, 0.2) is 6.10 Å². The van der Waals surface area contributed by atoms with Gasteiger partial charge in [-0.15, -0.1) is 0 Å². The summed E-state index contributed by atoms with van der Waals surface area (Å²) in [6.45, 7) is 6.85. The van der Waals surface area contributed by atoms with Crippen molar-refractivity contribution in [2.24, 2.45) is 0 Å². The quantitative estimate of drug-likeness (QED) is 0.766. The molecule has 0 spiro atoms. The molecule has 0 aliphatic heterocycles. The van der Waals surface area contributed by atoms with Gasteiger partial charge in [0.1, 0.15) is 0 Å². The maximum absolute atomic E-state index is 12.3. The molecule has 6 nitrogen and oxygen atoms in total. The standard InChI is InChI=1S/C21H24N2O4/c1-13-5-10-19(14(2)11-13)23-21(26)15(3)27-20(25)12-17-6-8-18(9-7-17)22-16(4)24/h5-11,15H,12H2,1-4H3,(H,22,24)(H,23,26)/t15-/m1/s1. The van der Waals surface area contributed by atoms with E-state index in [4.69, 9.17) is 4.74 Å². The second kappa shape index (κ2) is 8.98. The highest BCUT2D eigenvalue weighted by molar-refractivity contribution is 5.95. The zero-order valence-corrected chi connectivity index (χ0v) is 16.0. The summed E-state index contributed by atoms with van der Waals surface area (Å²) in [4.78, 5) is 35.3. The highest BCUT2D eigenvalue weighted by Crippen LogP contribution is 2.17. The van der Waals surface area contributed by atoms with Crippen molar-refractivity contribution < 1.29 is 19.1 Å². The van der Waals surface area contributed by atoms with E-state index in [1.807, 2.05) is 32.0 Å². The molecule has 0 saturated heterocycles. The van der Waals surface area contributed by atoms with E-state index in [1.165, 1.54) is 13.8 Å². The number of hydrogen-bond donors (Lipinski definition) is 2. The topological polar surface area (TPSA) is 84.5 Å². The Bertz CT molecular complexity index is 844. The molecule has 2 aromatic carbocycles. The summed E-state index contributed by atoms with van der Waals surface area (Å²) >= 11 is 0. The maximum atomic E-state index is 12.3. The molecule has 0 aliphatic carbocycles. The first-order valence-corrected chi connectivity index (χ1v) is 8.68. The van der Waals surface area contributed by atoms with Crippen LogP contribution in [-0.4, -0.2) is 23.9 Å². The average molecular weight is 368 g/mol. The molecule has 0 heterocycles. The number of aryl methyl sites for hydroxylation is 2. The number of carbonyl (C=O) groups is 3. The summed E-state index contributed by atoms with van der Waals surface area (Å²) in [7, 11) is 0. The van der Waals surface area contributed by atoms with Crippen molar-refractivity contribution in [1.29, 1.82) is 0 Å². The molecule has 2 amide bonds. The predicted molar refractivity (Wildman–Crippen MR) is 105 cm³/mol. The Labute approximate surface area is 158 Å². The number of nitrogens with one attached hydrogen (secondary N) is 2. The van der Waals surface area contributed by atoms with Crippen LogP contribution in [0.4, 0.5) is 11.4 Å². The Morgan fingerprint density at radius 1 is 1.00 bits per heavy atom. The van der Waals surface area contributed by atoms with E-state index < -0.39 is 12.1 Å². The molecular weight excluding hydrogens is 344 g/mol. The number of esters is 1. The summed E-state index contributed by atoms with van der Waals surface area (Å²) < 4.78 is 5.23. The van der Waals surface area contributed by atoms with Crippen LogP contribution in [0.25, 0.3) is 0 Å². The molecule has 1 atom stereocenters. The molecule has 2 N–H and O–H groups in total. The second-order valence-electron chi connectivity index (χ2n) is 6.49. The lowest BCUT2D eigenvalue weighted by Crippen LogP contribution is -2.30. The van der Waals surface area contributed by atoms with Gasteiger partial charge in [-0.2, -0.15) is 0 Å². The number of anilines is 2. The lowest BCUT2D eigenvalue weighted by molar-refractivity contribution is -0.152. The first-order chi connectivity index (χ1) is 12.7. The number of carbonyl (C=O) groups excluding carboxylic acids is 3. The highest BCUT2D eigenvalue weighted by atomic mass is 16.5. The molecule has 2 rings (SSSR count). The minimum Gasteiger partial charge on any atom is -0.452 e. The summed E-state index contributed by atoms with van der Waals surface area (Å²) in [5.74, 6) is -1.03. The smallest absolute Gasteiger partial charge is 0.311 e. The number of amides is 2. The molecule has 0 saturated carbocycles. The van der Waals surface area contributed by atoms with Crippen LogP contribution in [0.5, 0.6) is 0 Å². The molecule has 2 aromatic rings. The first kappa shape index (κ1) is 20.2. The van der Waals surface area contributed by atoms with E-state index >= 15 is 0 Å². The van der Waals surface area contributed by atoms with Crippen LogP contribution in [0.3, 0.4) is 0 Å². The number of benzene rings is 2. The van der Waals surface area contributed by atoms with Gasteiger partial charge in [-0.1, -0.05) is 29.8 Å². The number of rotatable bonds is 6. The zero-order valence-electron chi connectivity index (χ0n) is 16.0. The van der Waals surface area contributed by atoms with E-state index in [0.717, 1.165) is 16.7 Å². The van der Waals surface area contributed by atoms with Crippen molar-refractivity contribution in [3.63, 3.8) is 0 Å². The molecule has 27 heavy (non-hydrogen) atoms. The Kier molecular flexibility index (Phi) is 6.71. The van der Waals surface area contributed by atoms with Crippen LogP contribution in [0, 0.1) is 13.8 Å². The minimum atomic E-state index is -0.906. The van der Waals surface area contributed by atoms with Gasteiger partial charge in [-0.3, -0.25) is 14.4 Å². The fourth-order valence-corrected chi connectivity index (χ4v) is 2.56. The minimum absolute atomic E-state index is 0.0432. The van der Waals surface area contributed by atoms with Gasteiger partial charge < -0.3 is 15.4 Å². The third-order valence-electron chi connectivity index (χ3n) is 3.94. The third kappa shape index (κ3) is 6.26. The Balaban J connectivity index is 1.88. The average Bonchev–Trinajstić information content (AvgIpc) is 2.58. The highest BCUT2D eigenvalue weighted by Gasteiger charge is 2.18. The van der Waals surface area contributed by atoms with Crippen molar-refractivity contribution in [2.45, 2.75) is 40.2 Å². The van der Waals surface area contributed by atoms with Gasteiger partial charge in [0, 0.05) is 18.3 Å². The molecule has 0 bridgehead atoms. The molecular formula is C21H24N2O4. The molecule has 0 aliphatic rings. The van der Waals surface area contributed by atoms with Gasteiger partial charge in [0.2, 0.25) is 5.91 Å². The third-order valence-corrected chi connectivity index (χ3v) is 3.94. The second-order valence-corrected chi connectivity index (χ2v) is 6.49. The first-order valence-electron chi connectivity index (χ1n) is 8.68. The molecule has 142 valence electrons. The number of hydrogen-bond acceptors (Lipinski definition) is 4. The summed E-state index contributed by atoms with van der Waals surface area (Å²) in [5, 5.41) is 5.43. The zero-order chi connectivity index (χ0) is 20.0. The lowest BCUT2D eigenvalue weighted by Gasteiger charge is -2.15. The molecule has 0 fully saturated rings. The van der Waals surface area contributed by atoms with Gasteiger partial charge in [0.25, 0.3) is 5.91 Å². The van der Waals surface area contributed by atoms with Crippen molar-refractivity contribution >= 4 is 29.2 Å². The van der Waals surface area contributed by atoms with Crippen LogP contribution < -0.4 is 10.6 Å². The Hall–Kier alpha value is -3.15. The SMILES string of the molecule is CC(=O)Nc1ccc(CC(=O)O[C@H](C)C(=O)Nc2ccc(C)cc2C)cc1. The van der Waals surface area contributed by atoms with Crippen molar-refractivity contribution in [2.75, 3.05) is 10.6 Å². The van der Waals surface area contributed by atoms with E-state index in [-0.39, 0.29) is 18.2 Å². The molecule has 0 aromatic heterocycles. The largest absolute Gasteiger partial charge is 0.452 e. The molecule has 0 unspecified atom stereocenters. The van der Waals surface area contributed by atoms with Gasteiger partial charge in [-0.05, 0) is 50.1 Å². The van der Waals surface area contributed by atoms with Crippen LogP contribution in [-0.2, 0) is 25.5 Å². The normalized spacial score (nSPS) is 11.4. The van der Waals surface area contributed by atoms with Crippen molar-refractivity contribution in [3.8, 4) is 0 Å². The molecule has 0 radical (unpaired) electrons. The van der Waals surface area contributed by atoms with Crippen LogP contribution in [0.15, 0.2) is 42.5 Å².